The first kappa shape index (κ1) is 29.7. The monoisotopic (exact) mass is 597 g/mol. The van der Waals surface area contributed by atoms with Crippen LogP contribution in [-0.4, -0.2) is 59.3 Å². The van der Waals surface area contributed by atoms with Crippen molar-refractivity contribution in [2.75, 3.05) is 33.9 Å². The third kappa shape index (κ3) is 6.44. The number of nitriles is 1. The molecule has 6 rings (SSSR count). The van der Waals surface area contributed by atoms with Gasteiger partial charge in [-0.2, -0.15) is 5.26 Å². The molecule has 1 saturated heterocycles. The van der Waals surface area contributed by atoms with Crippen LogP contribution in [0.3, 0.4) is 0 Å². The molecule has 0 unspecified atom stereocenters. The van der Waals surface area contributed by atoms with Crippen molar-refractivity contribution >= 4 is 17.0 Å². The summed E-state index contributed by atoms with van der Waals surface area (Å²) < 4.78 is 32.8. The van der Waals surface area contributed by atoms with Crippen LogP contribution in [0.4, 0.5) is 4.39 Å². The normalized spacial score (nSPS) is 15.8. The van der Waals surface area contributed by atoms with Crippen molar-refractivity contribution in [2.45, 2.75) is 57.2 Å². The number of carbonyl (C=O) groups excluding carboxylic acids is 1. The van der Waals surface area contributed by atoms with E-state index in [1.165, 1.54) is 13.2 Å². The Balaban J connectivity index is 1.14. The van der Waals surface area contributed by atoms with Crippen LogP contribution < -0.4 is 4.74 Å². The number of aromatic nitrogens is 3. The molecular formula is C34H36FN5O4. The summed E-state index contributed by atoms with van der Waals surface area (Å²) in [5.41, 5.74) is 5.26. The predicted molar refractivity (Wildman–Crippen MR) is 162 cm³/mol. The van der Waals surface area contributed by atoms with E-state index >= 15 is 0 Å². The molecule has 0 bridgehead atoms. The van der Waals surface area contributed by atoms with Crippen LogP contribution >= 0.6 is 0 Å². The van der Waals surface area contributed by atoms with Crippen molar-refractivity contribution in [2.24, 2.45) is 0 Å². The lowest BCUT2D eigenvalue weighted by Crippen LogP contribution is -2.33. The highest BCUT2D eigenvalue weighted by Crippen LogP contribution is 2.43. The lowest BCUT2D eigenvalue weighted by atomic mass is 9.93. The first-order valence-corrected chi connectivity index (χ1v) is 15.1. The summed E-state index contributed by atoms with van der Waals surface area (Å²) in [6.07, 6.45) is 4.11. The minimum Gasteiger partial charge on any atom is -0.473 e. The number of halogens is 1. The first-order valence-electron chi connectivity index (χ1n) is 15.1. The number of hydrogen-bond acceptors (Lipinski definition) is 8. The van der Waals surface area contributed by atoms with E-state index in [1.54, 1.807) is 25.3 Å². The molecule has 2 aromatic carbocycles. The van der Waals surface area contributed by atoms with E-state index in [0.29, 0.717) is 42.6 Å². The summed E-state index contributed by atoms with van der Waals surface area (Å²) in [4.78, 5) is 24.8. The maximum Gasteiger partial charge on any atom is 0.337 e. The van der Waals surface area contributed by atoms with E-state index in [0.717, 1.165) is 66.9 Å². The standard InChI is InChI=1S/C34H36FN5O4/c1-42-15-14-40-30-18-26(34(41)43-2)17-27(23-8-9-23)33(30)38-31(40)20-39-12-10-24(11-13-39)29-4-3-5-32(37-29)44-21-25-7-6-22(19-36)16-28(25)35/h3-7,16-18,23-24H,8-15,20-21H2,1-2H3. The Kier molecular flexibility index (Phi) is 8.87. The highest BCUT2D eigenvalue weighted by atomic mass is 19.1. The van der Waals surface area contributed by atoms with Gasteiger partial charge in [0.2, 0.25) is 5.88 Å². The second kappa shape index (κ2) is 13.1. The quantitative estimate of drug-likeness (QED) is 0.203. The molecule has 4 aromatic rings. The number of benzene rings is 2. The molecule has 0 N–H and O–H groups in total. The minimum absolute atomic E-state index is 0.0418. The molecule has 228 valence electrons. The average Bonchev–Trinajstić information content (AvgIpc) is 3.85. The summed E-state index contributed by atoms with van der Waals surface area (Å²) in [5, 5.41) is 8.96. The van der Waals surface area contributed by atoms with E-state index in [1.807, 2.05) is 30.3 Å². The molecule has 10 heteroatoms. The Morgan fingerprint density at radius 3 is 2.57 bits per heavy atom. The molecule has 44 heavy (non-hydrogen) atoms. The second-order valence-corrected chi connectivity index (χ2v) is 11.5. The maximum atomic E-state index is 14.3. The first-order chi connectivity index (χ1) is 21.5. The number of esters is 1. The van der Waals surface area contributed by atoms with E-state index in [4.69, 9.17) is 29.4 Å². The van der Waals surface area contributed by atoms with Gasteiger partial charge < -0.3 is 18.8 Å². The van der Waals surface area contributed by atoms with Crippen LogP contribution in [0.2, 0.25) is 0 Å². The summed E-state index contributed by atoms with van der Waals surface area (Å²) in [6.45, 7) is 3.73. The van der Waals surface area contributed by atoms with Crippen molar-refractivity contribution < 1.29 is 23.4 Å². The summed E-state index contributed by atoms with van der Waals surface area (Å²) in [5.74, 6) is 1.36. The van der Waals surface area contributed by atoms with Crippen LogP contribution in [0.5, 0.6) is 5.88 Å². The lowest BCUT2D eigenvalue weighted by molar-refractivity contribution is 0.0600. The van der Waals surface area contributed by atoms with Gasteiger partial charge in [0.05, 0.1) is 48.5 Å². The van der Waals surface area contributed by atoms with Crippen molar-refractivity contribution in [3.05, 3.63) is 88.1 Å². The van der Waals surface area contributed by atoms with Crippen LogP contribution in [0.15, 0.2) is 48.5 Å². The van der Waals surface area contributed by atoms with E-state index in [9.17, 15) is 9.18 Å². The third-order valence-electron chi connectivity index (χ3n) is 8.59. The van der Waals surface area contributed by atoms with Gasteiger partial charge >= 0.3 is 5.97 Å². The second-order valence-electron chi connectivity index (χ2n) is 11.5. The summed E-state index contributed by atoms with van der Waals surface area (Å²) in [7, 11) is 3.11. The fourth-order valence-corrected chi connectivity index (χ4v) is 6.00. The van der Waals surface area contributed by atoms with Crippen LogP contribution in [0, 0.1) is 17.1 Å². The zero-order valence-corrected chi connectivity index (χ0v) is 25.1. The van der Waals surface area contributed by atoms with Gasteiger partial charge in [0.15, 0.2) is 0 Å². The molecule has 9 nitrogen and oxygen atoms in total. The Morgan fingerprint density at radius 1 is 1.05 bits per heavy atom. The predicted octanol–water partition coefficient (Wildman–Crippen LogP) is 5.71. The van der Waals surface area contributed by atoms with Crippen LogP contribution in [-0.2, 0) is 29.2 Å². The van der Waals surface area contributed by atoms with E-state index in [-0.39, 0.29) is 24.1 Å². The number of fused-ring (bicyclic) bond motifs is 1. The van der Waals surface area contributed by atoms with Gasteiger partial charge in [-0.3, -0.25) is 4.90 Å². The van der Waals surface area contributed by atoms with E-state index < -0.39 is 5.82 Å². The molecule has 2 aromatic heterocycles. The number of likely N-dealkylation sites (tertiary alicyclic amines) is 1. The Hall–Kier alpha value is -4.33. The number of rotatable bonds is 11. The number of hydrogen-bond donors (Lipinski definition) is 0. The number of ether oxygens (including phenoxy) is 3. The summed E-state index contributed by atoms with van der Waals surface area (Å²) >= 11 is 0. The zero-order valence-electron chi connectivity index (χ0n) is 25.1. The Morgan fingerprint density at radius 2 is 1.86 bits per heavy atom. The highest BCUT2D eigenvalue weighted by molar-refractivity contribution is 5.95. The molecule has 0 amide bonds. The number of piperidine rings is 1. The number of imidazole rings is 1. The van der Waals surface area contributed by atoms with Gasteiger partial charge in [-0.25, -0.2) is 19.2 Å². The number of methoxy groups -OCH3 is 2. The molecule has 3 heterocycles. The topological polar surface area (TPSA) is 103 Å². The number of pyridine rings is 1. The van der Waals surface area contributed by atoms with Gasteiger partial charge in [0.25, 0.3) is 0 Å². The van der Waals surface area contributed by atoms with Gasteiger partial charge in [0.1, 0.15) is 18.2 Å². The fourth-order valence-electron chi connectivity index (χ4n) is 6.00. The molecule has 1 saturated carbocycles. The van der Waals surface area contributed by atoms with Crippen LogP contribution in [0.25, 0.3) is 11.0 Å². The SMILES string of the molecule is COCCn1c(CN2CCC(c3cccc(OCc4ccc(C#N)cc4F)n3)CC2)nc2c(C3CC3)cc(C(=O)OC)cc21. The molecule has 2 fully saturated rings. The molecule has 1 aliphatic heterocycles. The van der Waals surface area contributed by atoms with Crippen molar-refractivity contribution in [1.82, 2.24) is 19.4 Å². The minimum atomic E-state index is -0.462. The van der Waals surface area contributed by atoms with Gasteiger partial charge in [-0.05, 0) is 80.6 Å². The van der Waals surface area contributed by atoms with Crippen molar-refractivity contribution in [1.29, 1.82) is 5.26 Å². The van der Waals surface area contributed by atoms with Gasteiger partial charge in [0, 0.05) is 36.9 Å². The summed E-state index contributed by atoms with van der Waals surface area (Å²) in [6, 6.07) is 15.9. The molecule has 0 atom stereocenters. The Labute approximate surface area is 256 Å². The Bertz CT molecular complexity index is 1700. The van der Waals surface area contributed by atoms with Crippen molar-refractivity contribution in [3.63, 3.8) is 0 Å². The van der Waals surface area contributed by atoms with Gasteiger partial charge in [-0.1, -0.05) is 12.1 Å². The maximum absolute atomic E-state index is 14.3. The van der Waals surface area contributed by atoms with Gasteiger partial charge in [-0.15, -0.1) is 0 Å². The third-order valence-corrected chi connectivity index (χ3v) is 8.59. The largest absolute Gasteiger partial charge is 0.473 e. The smallest absolute Gasteiger partial charge is 0.337 e. The lowest BCUT2D eigenvalue weighted by Gasteiger charge is -2.31. The molecule has 2 aliphatic rings. The number of nitrogens with zero attached hydrogens (tertiary/aromatic N) is 5. The van der Waals surface area contributed by atoms with Crippen molar-refractivity contribution in [3.8, 4) is 11.9 Å². The fraction of sp³-hybridized carbons (Fsp3) is 0.412. The molecule has 0 radical (unpaired) electrons. The zero-order chi connectivity index (χ0) is 30.6. The highest BCUT2D eigenvalue weighted by Gasteiger charge is 2.30. The van der Waals surface area contributed by atoms with E-state index in [2.05, 4.69) is 9.47 Å². The molecule has 1 aliphatic carbocycles. The number of carbonyl (C=O) groups is 1. The average molecular weight is 598 g/mol. The van der Waals surface area contributed by atoms with Crippen LogP contribution in [0.1, 0.15) is 76.1 Å². The molecular weight excluding hydrogens is 561 g/mol. The molecule has 0 spiro atoms.